The standard InChI is InChI=1S/C36H29N7O2/c1-2-30-41-32(33(42-30)23-18-19-37-31(21-23)38-24-11-4-3-5-12-24)22-10-8-13-25(20-22)39-36(45)27-15-9-17-29-34(27)43-35(44)26-14-6-7-16-28(26)40-29/h3-21,40H,2H2,1H3,(H,37,38)(H,39,45)(H,41,42)(H,43,44). The molecule has 9 heteroatoms. The first kappa shape index (κ1) is 27.6. The van der Waals surface area contributed by atoms with E-state index in [4.69, 9.17) is 4.98 Å². The molecular weight excluding hydrogens is 562 g/mol. The molecule has 4 aromatic carbocycles. The first-order valence-corrected chi connectivity index (χ1v) is 14.7. The summed E-state index contributed by atoms with van der Waals surface area (Å²) in [5.41, 5.74) is 7.52. The lowest BCUT2D eigenvalue weighted by atomic mass is 10.0. The molecule has 5 N–H and O–H groups in total. The van der Waals surface area contributed by atoms with Crippen molar-refractivity contribution in [3.63, 3.8) is 0 Å². The minimum atomic E-state index is -0.348. The summed E-state index contributed by atoms with van der Waals surface area (Å²) in [7, 11) is 0. The van der Waals surface area contributed by atoms with E-state index in [0.29, 0.717) is 39.7 Å². The van der Waals surface area contributed by atoms with Gasteiger partial charge in [0.1, 0.15) is 11.6 Å². The van der Waals surface area contributed by atoms with Crippen LogP contribution in [0.15, 0.2) is 115 Å². The first-order valence-electron chi connectivity index (χ1n) is 14.7. The number of H-pyrrole nitrogens is 1. The Bertz CT molecular complexity index is 2050. The highest BCUT2D eigenvalue weighted by Crippen LogP contribution is 2.36. The summed E-state index contributed by atoms with van der Waals surface area (Å²) < 4.78 is 0. The number of nitrogens with zero attached hydrogens (tertiary/aromatic N) is 2. The largest absolute Gasteiger partial charge is 0.353 e. The zero-order valence-corrected chi connectivity index (χ0v) is 24.4. The molecular formula is C36H29N7O2. The molecule has 3 heterocycles. The quantitative estimate of drug-likeness (QED) is 0.128. The van der Waals surface area contributed by atoms with Gasteiger partial charge in [-0.1, -0.05) is 55.5 Å². The second kappa shape index (κ2) is 11.8. The number of nitrogens with one attached hydrogen (secondary N) is 5. The molecule has 0 radical (unpaired) electrons. The van der Waals surface area contributed by atoms with Crippen LogP contribution in [0.1, 0.15) is 33.5 Å². The number of imidazole rings is 1. The molecule has 0 saturated carbocycles. The number of benzene rings is 4. The van der Waals surface area contributed by atoms with Gasteiger partial charge in [0, 0.05) is 35.1 Å². The number of rotatable bonds is 7. The van der Waals surface area contributed by atoms with Crippen LogP contribution in [0.2, 0.25) is 0 Å². The van der Waals surface area contributed by atoms with Gasteiger partial charge in [-0.3, -0.25) is 9.59 Å². The molecule has 0 unspecified atom stereocenters. The van der Waals surface area contributed by atoms with Crippen molar-refractivity contribution < 1.29 is 9.59 Å². The second-order valence-electron chi connectivity index (χ2n) is 10.6. The Kier molecular flexibility index (Phi) is 7.25. The maximum absolute atomic E-state index is 13.6. The van der Waals surface area contributed by atoms with Crippen LogP contribution in [-0.2, 0) is 6.42 Å². The molecule has 0 spiro atoms. The normalized spacial score (nSPS) is 11.8. The van der Waals surface area contributed by atoms with Gasteiger partial charge in [0.25, 0.3) is 11.8 Å². The molecule has 0 fully saturated rings. The number of hydrogen-bond donors (Lipinski definition) is 5. The van der Waals surface area contributed by atoms with Gasteiger partial charge >= 0.3 is 0 Å². The van der Waals surface area contributed by atoms with Gasteiger partial charge in [-0.15, -0.1) is 0 Å². The molecule has 1 aliphatic heterocycles. The Morgan fingerprint density at radius 3 is 2.42 bits per heavy atom. The summed E-state index contributed by atoms with van der Waals surface area (Å²) in [6, 6.07) is 34.0. The number of pyridine rings is 1. The van der Waals surface area contributed by atoms with Gasteiger partial charge in [-0.25, -0.2) is 9.97 Å². The molecule has 6 aromatic rings. The van der Waals surface area contributed by atoms with E-state index in [0.717, 1.165) is 40.4 Å². The van der Waals surface area contributed by atoms with E-state index in [1.165, 1.54) is 0 Å². The first-order chi connectivity index (χ1) is 22.1. The average Bonchev–Trinajstić information content (AvgIpc) is 3.45. The van der Waals surface area contributed by atoms with Crippen molar-refractivity contribution in [3.8, 4) is 22.5 Å². The topological polar surface area (TPSA) is 124 Å². The van der Waals surface area contributed by atoms with Gasteiger partial charge in [0.05, 0.1) is 39.6 Å². The minimum absolute atomic E-state index is 0.282. The zero-order valence-electron chi connectivity index (χ0n) is 24.4. The fraction of sp³-hybridized carbons (Fsp3) is 0.0556. The van der Waals surface area contributed by atoms with Crippen molar-refractivity contribution in [2.45, 2.75) is 13.3 Å². The van der Waals surface area contributed by atoms with E-state index in [1.54, 1.807) is 30.5 Å². The molecule has 2 aromatic heterocycles. The SMILES string of the molecule is CCc1nc(-c2cccc(NC(=O)c3cccc4c3NC(=O)c3ccccc3N4)c2)c(-c2ccnc(Nc3ccccc3)c2)[nH]1. The zero-order chi connectivity index (χ0) is 30.8. The Hall–Kier alpha value is -6.22. The molecule has 7 rings (SSSR count). The highest BCUT2D eigenvalue weighted by molar-refractivity contribution is 6.18. The van der Waals surface area contributed by atoms with Crippen molar-refractivity contribution in [1.82, 2.24) is 15.0 Å². The van der Waals surface area contributed by atoms with Crippen LogP contribution in [0, 0.1) is 0 Å². The predicted molar refractivity (Wildman–Crippen MR) is 178 cm³/mol. The molecule has 1 aliphatic rings. The number of aromatic amines is 1. The molecule has 0 atom stereocenters. The smallest absolute Gasteiger partial charge is 0.257 e. The van der Waals surface area contributed by atoms with Crippen molar-refractivity contribution >= 4 is 46.1 Å². The number of carbonyl (C=O) groups is 2. The average molecular weight is 592 g/mol. The summed E-state index contributed by atoms with van der Waals surface area (Å²) in [5, 5.41) is 12.6. The third kappa shape index (κ3) is 5.62. The molecule has 0 aliphatic carbocycles. The summed E-state index contributed by atoms with van der Waals surface area (Å²) in [6.45, 7) is 2.05. The maximum Gasteiger partial charge on any atom is 0.257 e. The number of aryl methyl sites for hydroxylation is 1. The van der Waals surface area contributed by atoms with Gasteiger partial charge < -0.3 is 26.3 Å². The van der Waals surface area contributed by atoms with Crippen LogP contribution in [0.5, 0.6) is 0 Å². The lowest BCUT2D eigenvalue weighted by molar-refractivity contribution is 0.102. The highest BCUT2D eigenvalue weighted by atomic mass is 16.2. The number of para-hydroxylation sites is 3. The second-order valence-corrected chi connectivity index (χ2v) is 10.6. The van der Waals surface area contributed by atoms with Crippen LogP contribution >= 0.6 is 0 Å². The van der Waals surface area contributed by atoms with E-state index < -0.39 is 0 Å². The minimum Gasteiger partial charge on any atom is -0.353 e. The number of carbonyl (C=O) groups excluding carboxylic acids is 2. The molecule has 2 amide bonds. The molecule has 9 nitrogen and oxygen atoms in total. The monoisotopic (exact) mass is 591 g/mol. The van der Waals surface area contributed by atoms with E-state index in [-0.39, 0.29) is 11.8 Å². The van der Waals surface area contributed by atoms with Crippen LogP contribution in [0.25, 0.3) is 22.5 Å². The number of hydrogen-bond acceptors (Lipinski definition) is 6. The van der Waals surface area contributed by atoms with Gasteiger partial charge in [-0.05, 0) is 60.7 Å². The van der Waals surface area contributed by atoms with Crippen molar-refractivity contribution in [1.29, 1.82) is 0 Å². The Morgan fingerprint density at radius 2 is 1.56 bits per heavy atom. The highest BCUT2D eigenvalue weighted by Gasteiger charge is 2.23. The van der Waals surface area contributed by atoms with E-state index >= 15 is 0 Å². The molecule has 220 valence electrons. The van der Waals surface area contributed by atoms with Crippen molar-refractivity contribution in [3.05, 3.63) is 132 Å². The number of anilines is 6. The predicted octanol–water partition coefficient (Wildman–Crippen LogP) is 8.01. The fourth-order valence-electron chi connectivity index (χ4n) is 5.37. The summed E-state index contributed by atoms with van der Waals surface area (Å²) >= 11 is 0. The van der Waals surface area contributed by atoms with Gasteiger partial charge in [-0.2, -0.15) is 0 Å². The lowest BCUT2D eigenvalue weighted by Gasteiger charge is -2.14. The van der Waals surface area contributed by atoms with E-state index in [2.05, 4.69) is 31.2 Å². The Morgan fingerprint density at radius 1 is 0.778 bits per heavy atom. The summed E-state index contributed by atoms with van der Waals surface area (Å²) in [6.07, 6.45) is 2.49. The third-order valence-corrected chi connectivity index (χ3v) is 7.57. The van der Waals surface area contributed by atoms with Crippen LogP contribution in [-0.4, -0.2) is 26.8 Å². The number of fused-ring (bicyclic) bond motifs is 2. The number of amides is 2. The van der Waals surface area contributed by atoms with Crippen molar-refractivity contribution in [2.24, 2.45) is 0 Å². The van der Waals surface area contributed by atoms with E-state index in [1.807, 2.05) is 91.9 Å². The summed E-state index contributed by atoms with van der Waals surface area (Å²) in [4.78, 5) is 39.5. The van der Waals surface area contributed by atoms with Crippen LogP contribution < -0.4 is 21.3 Å². The molecule has 45 heavy (non-hydrogen) atoms. The fourth-order valence-corrected chi connectivity index (χ4v) is 5.37. The van der Waals surface area contributed by atoms with Crippen molar-refractivity contribution in [2.75, 3.05) is 21.3 Å². The molecule has 0 saturated heterocycles. The van der Waals surface area contributed by atoms with Crippen LogP contribution in [0.4, 0.5) is 34.3 Å². The van der Waals surface area contributed by atoms with Gasteiger partial charge in [0.2, 0.25) is 0 Å². The van der Waals surface area contributed by atoms with Gasteiger partial charge in [0.15, 0.2) is 0 Å². The molecule has 0 bridgehead atoms. The maximum atomic E-state index is 13.6. The Labute approximate surface area is 259 Å². The third-order valence-electron chi connectivity index (χ3n) is 7.57. The lowest BCUT2D eigenvalue weighted by Crippen LogP contribution is -2.17. The summed E-state index contributed by atoms with van der Waals surface area (Å²) in [5.74, 6) is 0.930. The Balaban J connectivity index is 1.18. The van der Waals surface area contributed by atoms with Crippen LogP contribution in [0.3, 0.4) is 0 Å². The van der Waals surface area contributed by atoms with E-state index in [9.17, 15) is 9.59 Å². The number of aromatic nitrogens is 3.